The Morgan fingerprint density at radius 3 is 2.75 bits per heavy atom. The van der Waals surface area contributed by atoms with Crippen molar-refractivity contribution in [1.29, 1.82) is 0 Å². The maximum Gasteiger partial charge on any atom is 0.317 e. The maximum absolute atomic E-state index is 10.4. The van der Waals surface area contributed by atoms with Crippen LogP contribution in [0.2, 0.25) is 0 Å². The molecule has 0 aliphatic carbocycles. The predicted octanol–water partition coefficient (Wildman–Crippen LogP) is 2.54. The van der Waals surface area contributed by atoms with Crippen molar-refractivity contribution in [3.05, 3.63) is 52.9 Å². The molecule has 20 heavy (non-hydrogen) atoms. The second-order valence-electron chi connectivity index (χ2n) is 4.30. The van der Waals surface area contributed by atoms with Gasteiger partial charge in [0.15, 0.2) is 5.06 Å². The van der Waals surface area contributed by atoms with Crippen LogP contribution < -0.4 is 10.1 Å². The summed E-state index contributed by atoms with van der Waals surface area (Å²) in [4.78, 5) is 11.5. The zero-order valence-corrected chi connectivity index (χ0v) is 11.9. The van der Waals surface area contributed by atoms with Gasteiger partial charge in [0.2, 0.25) is 0 Å². The van der Waals surface area contributed by atoms with Crippen molar-refractivity contribution < 1.29 is 14.6 Å². The van der Waals surface area contributed by atoms with Gasteiger partial charge in [-0.15, -0.1) is 11.3 Å². The Bertz CT molecular complexity index is 539. The number of nitrogens with one attached hydrogen (secondary N) is 1. The van der Waals surface area contributed by atoms with E-state index in [9.17, 15) is 4.79 Å². The average molecular weight is 291 g/mol. The zero-order chi connectivity index (χ0) is 14.2. The minimum absolute atomic E-state index is 0.0257. The van der Waals surface area contributed by atoms with Gasteiger partial charge in [0.25, 0.3) is 0 Å². The highest BCUT2D eigenvalue weighted by Gasteiger charge is 2.02. The molecule has 2 rings (SSSR count). The highest BCUT2D eigenvalue weighted by Crippen LogP contribution is 2.24. The van der Waals surface area contributed by atoms with Crippen LogP contribution in [-0.2, 0) is 17.8 Å². The average Bonchev–Trinajstić information content (AvgIpc) is 2.87. The molecule has 0 fully saturated rings. The smallest absolute Gasteiger partial charge is 0.317 e. The molecule has 0 atom stereocenters. The van der Waals surface area contributed by atoms with E-state index in [4.69, 9.17) is 9.84 Å². The zero-order valence-electron chi connectivity index (χ0n) is 11.0. The fourth-order valence-corrected chi connectivity index (χ4v) is 2.58. The van der Waals surface area contributed by atoms with Gasteiger partial charge in [0.05, 0.1) is 13.2 Å². The molecule has 0 spiro atoms. The third-order valence-corrected chi connectivity index (χ3v) is 3.69. The third-order valence-electron chi connectivity index (χ3n) is 2.69. The van der Waals surface area contributed by atoms with Crippen LogP contribution in [0, 0.1) is 0 Å². The molecule has 1 aromatic carbocycles. The minimum Gasteiger partial charge on any atom is -0.484 e. The quantitative estimate of drug-likeness (QED) is 0.784. The van der Waals surface area contributed by atoms with Gasteiger partial charge in [-0.25, -0.2) is 0 Å². The molecule has 4 nitrogen and oxygen atoms in total. The number of carbonyl (C=O) groups is 1. The summed E-state index contributed by atoms with van der Waals surface area (Å²) in [6.45, 7) is 1.17. The van der Waals surface area contributed by atoms with E-state index in [1.165, 1.54) is 5.56 Å². The SMILES string of the molecule is O=C(O)CNCc1ccc(OCCc2ccccc2)s1. The molecule has 0 aliphatic heterocycles. The van der Waals surface area contributed by atoms with Crippen LogP contribution >= 0.6 is 11.3 Å². The third kappa shape index (κ3) is 5.03. The van der Waals surface area contributed by atoms with E-state index in [-0.39, 0.29) is 6.54 Å². The van der Waals surface area contributed by atoms with Gasteiger partial charge < -0.3 is 15.2 Å². The minimum atomic E-state index is -0.846. The number of carboxylic acids is 1. The molecule has 0 saturated heterocycles. The first-order valence-electron chi connectivity index (χ1n) is 6.42. The molecule has 0 radical (unpaired) electrons. The van der Waals surface area contributed by atoms with E-state index in [0.29, 0.717) is 13.2 Å². The van der Waals surface area contributed by atoms with Gasteiger partial charge in [-0.2, -0.15) is 0 Å². The van der Waals surface area contributed by atoms with Gasteiger partial charge in [-0.1, -0.05) is 30.3 Å². The van der Waals surface area contributed by atoms with Crippen LogP contribution in [0.4, 0.5) is 0 Å². The van der Waals surface area contributed by atoms with Crippen molar-refractivity contribution in [1.82, 2.24) is 5.32 Å². The molecule has 0 amide bonds. The Kier molecular flexibility index (Phi) is 5.58. The van der Waals surface area contributed by atoms with Gasteiger partial charge in [-0.3, -0.25) is 4.79 Å². The fraction of sp³-hybridized carbons (Fsp3) is 0.267. The van der Waals surface area contributed by atoms with Crippen molar-refractivity contribution in [2.45, 2.75) is 13.0 Å². The lowest BCUT2D eigenvalue weighted by Crippen LogP contribution is -2.21. The van der Waals surface area contributed by atoms with E-state index < -0.39 is 5.97 Å². The van der Waals surface area contributed by atoms with Crippen LogP contribution in [0.5, 0.6) is 5.06 Å². The number of hydrogen-bond donors (Lipinski definition) is 2. The van der Waals surface area contributed by atoms with Gasteiger partial charge in [0, 0.05) is 17.8 Å². The second kappa shape index (κ2) is 7.67. The molecule has 0 aliphatic rings. The Labute approximate surface area is 122 Å². The van der Waals surface area contributed by atoms with E-state index in [1.807, 2.05) is 30.3 Å². The lowest BCUT2D eigenvalue weighted by molar-refractivity contribution is -0.135. The van der Waals surface area contributed by atoms with E-state index in [2.05, 4.69) is 17.4 Å². The van der Waals surface area contributed by atoms with Gasteiger partial charge in [0.1, 0.15) is 0 Å². The monoisotopic (exact) mass is 291 g/mol. The fourth-order valence-electron chi connectivity index (χ4n) is 1.74. The molecular weight excluding hydrogens is 274 g/mol. The summed E-state index contributed by atoms with van der Waals surface area (Å²) < 4.78 is 5.69. The van der Waals surface area contributed by atoms with E-state index in [0.717, 1.165) is 16.4 Å². The Morgan fingerprint density at radius 1 is 1.20 bits per heavy atom. The largest absolute Gasteiger partial charge is 0.484 e. The number of benzene rings is 1. The molecule has 2 aromatic rings. The predicted molar refractivity (Wildman–Crippen MR) is 79.3 cm³/mol. The van der Waals surface area contributed by atoms with Crippen molar-refractivity contribution in [2.75, 3.05) is 13.2 Å². The highest BCUT2D eigenvalue weighted by atomic mass is 32.1. The summed E-state index contributed by atoms with van der Waals surface area (Å²) >= 11 is 1.54. The number of ether oxygens (including phenoxy) is 1. The standard InChI is InChI=1S/C15H17NO3S/c17-14(18)11-16-10-13-6-7-15(20-13)19-9-8-12-4-2-1-3-5-12/h1-7,16H,8-11H2,(H,17,18). The normalized spacial score (nSPS) is 10.4. The second-order valence-corrected chi connectivity index (χ2v) is 5.43. The van der Waals surface area contributed by atoms with Crippen molar-refractivity contribution in [3.63, 3.8) is 0 Å². The molecule has 5 heteroatoms. The van der Waals surface area contributed by atoms with Gasteiger partial charge >= 0.3 is 5.97 Å². The first-order valence-corrected chi connectivity index (χ1v) is 7.23. The van der Waals surface area contributed by atoms with Crippen LogP contribution in [0.1, 0.15) is 10.4 Å². The molecule has 106 valence electrons. The molecule has 0 unspecified atom stereocenters. The molecule has 1 heterocycles. The van der Waals surface area contributed by atoms with E-state index in [1.54, 1.807) is 11.3 Å². The summed E-state index contributed by atoms with van der Waals surface area (Å²) in [5.41, 5.74) is 1.26. The van der Waals surface area contributed by atoms with Crippen molar-refractivity contribution >= 4 is 17.3 Å². The Balaban J connectivity index is 1.71. The number of thiophene rings is 1. The summed E-state index contributed by atoms with van der Waals surface area (Å²) in [6.07, 6.45) is 0.880. The lowest BCUT2D eigenvalue weighted by atomic mass is 10.2. The molecule has 0 bridgehead atoms. The van der Waals surface area contributed by atoms with Gasteiger partial charge in [-0.05, 0) is 17.7 Å². The van der Waals surface area contributed by atoms with Crippen LogP contribution in [0.25, 0.3) is 0 Å². The molecule has 1 aromatic heterocycles. The Hall–Kier alpha value is -1.85. The maximum atomic E-state index is 10.4. The number of hydrogen-bond acceptors (Lipinski definition) is 4. The molecule has 2 N–H and O–H groups in total. The molecular formula is C15H17NO3S. The first-order chi connectivity index (χ1) is 9.74. The van der Waals surface area contributed by atoms with Crippen LogP contribution in [0.3, 0.4) is 0 Å². The number of carboxylic acid groups (broad SMARTS) is 1. The van der Waals surface area contributed by atoms with Crippen LogP contribution in [0.15, 0.2) is 42.5 Å². The van der Waals surface area contributed by atoms with E-state index >= 15 is 0 Å². The first kappa shape index (κ1) is 14.6. The Morgan fingerprint density at radius 2 is 2.00 bits per heavy atom. The number of rotatable bonds is 8. The lowest BCUT2D eigenvalue weighted by Gasteiger charge is -2.03. The summed E-state index contributed by atoms with van der Waals surface area (Å²) in [7, 11) is 0. The number of aliphatic carboxylic acids is 1. The summed E-state index contributed by atoms with van der Waals surface area (Å²) in [5.74, 6) is -0.846. The highest BCUT2D eigenvalue weighted by molar-refractivity contribution is 7.13. The topological polar surface area (TPSA) is 58.6 Å². The summed E-state index contributed by atoms with van der Waals surface area (Å²) in [5, 5.41) is 12.3. The molecule has 0 saturated carbocycles. The summed E-state index contributed by atoms with van der Waals surface area (Å²) in [6, 6.07) is 14.1. The van der Waals surface area contributed by atoms with Crippen molar-refractivity contribution in [2.24, 2.45) is 0 Å². The van der Waals surface area contributed by atoms with Crippen molar-refractivity contribution in [3.8, 4) is 5.06 Å². The van der Waals surface area contributed by atoms with Crippen LogP contribution in [-0.4, -0.2) is 24.2 Å².